The fourth-order valence-electron chi connectivity index (χ4n) is 3.04. The van der Waals surface area contributed by atoms with E-state index in [0.717, 1.165) is 30.5 Å². The largest absolute Gasteiger partial charge is 0.388 e. The van der Waals surface area contributed by atoms with Crippen molar-refractivity contribution in [3.05, 3.63) is 64.7 Å². The summed E-state index contributed by atoms with van der Waals surface area (Å²) in [6.07, 6.45) is 4.15. The van der Waals surface area contributed by atoms with Gasteiger partial charge in [0, 0.05) is 17.8 Å². The molecule has 0 bridgehead atoms. The molecule has 3 heteroatoms. The van der Waals surface area contributed by atoms with Gasteiger partial charge in [-0.05, 0) is 55.0 Å². The first kappa shape index (κ1) is 13.3. The van der Waals surface area contributed by atoms with Crippen LogP contribution in [0.1, 0.15) is 47.2 Å². The standard InChI is InChI=1S/C17H18FNO/c1-11-10-13(7-8-15(11)18)17(20)14-6-2-4-12-5-3-9-19-16(12)14/h3,5,7-10,14,17,20H,2,4,6H2,1H3. The summed E-state index contributed by atoms with van der Waals surface area (Å²) in [7, 11) is 0. The number of rotatable bonds is 2. The van der Waals surface area contributed by atoms with Crippen LogP contribution in [0, 0.1) is 12.7 Å². The molecule has 0 amide bonds. The summed E-state index contributed by atoms with van der Waals surface area (Å²) < 4.78 is 13.3. The Morgan fingerprint density at radius 3 is 3.00 bits per heavy atom. The van der Waals surface area contributed by atoms with Crippen LogP contribution in [0.5, 0.6) is 0 Å². The third-order valence-electron chi connectivity index (χ3n) is 4.14. The Bertz CT molecular complexity index is 626. The molecule has 104 valence electrons. The first-order valence-electron chi connectivity index (χ1n) is 7.04. The minimum absolute atomic E-state index is 0.00445. The maximum absolute atomic E-state index is 13.3. The maximum atomic E-state index is 13.3. The molecule has 1 aliphatic carbocycles. The molecule has 1 aromatic carbocycles. The monoisotopic (exact) mass is 271 g/mol. The van der Waals surface area contributed by atoms with Crippen LogP contribution in [0.4, 0.5) is 4.39 Å². The van der Waals surface area contributed by atoms with Gasteiger partial charge in [0.05, 0.1) is 6.10 Å². The van der Waals surface area contributed by atoms with Gasteiger partial charge in [-0.15, -0.1) is 0 Å². The summed E-state index contributed by atoms with van der Waals surface area (Å²) >= 11 is 0. The van der Waals surface area contributed by atoms with E-state index < -0.39 is 6.10 Å². The molecular weight excluding hydrogens is 253 g/mol. The number of pyridine rings is 1. The molecule has 2 aromatic rings. The SMILES string of the molecule is Cc1cc(C(O)C2CCCc3cccnc32)ccc1F. The molecule has 1 aliphatic rings. The summed E-state index contributed by atoms with van der Waals surface area (Å²) in [5.41, 5.74) is 3.56. The Balaban J connectivity index is 1.95. The smallest absolute Gasteiger partial charge is 0.126 e. The average Bonchev–Trinajstić information content (AvgIpc) is 2.49. The first-order chi connectivity index (χ1) is 9.66. The summed E-state index contributed by atoms with van der Waals surface area (Å²) in [5, 5.41) is 10.6. The van der Waals surface area contributed by atoms with Crippen LogP contribution in [-0.2, 0) is 6.42 Å². The number of hydrogen-bond acceptors (Lipinski definition) is 2. The molecule has 0 radical (unpaired) electrons. The fourth-order valence-corrected chi connectivity index (χ4v) is 3.04. The number of aromatic nitrogens is 1. The molecule has 1 N–H and O–H groups in total. The van der Waals surface area contributed by atoms with Crippen LogP contribution in [0.25, 0.3) is 0 Å². The molecule has 0 spiro atoms. The van der Waals surface area contributed by atoms with Gasteiger partial charge in [0.1, 0.15) is 5.82 Å². The second-order valence-electron chi connectivity index (χ2n) is 5.50. The minimum atomic E-state index is -0.622. The van der Waals surface area contributed by atoms with E-state index in [1.807, 2.05) is 6.07 Å². The summed E-state index contributed by atoms with van der Waals surface area (Å²) in [5.74, 6) is -0.229. The van der Waals surface area contributed by atoms with Crippen molar-refractivity contribution < 1.29 is 9.50 Å². The second-order valence-corrected chi connectivity index (χ2v) is 5.50. The van der Waals surface area contributed by atoms with E-state index in [2.05, 4.69) is 11.1 Å². The zero-order chi connectivity index (χ0) is 14.1. The molecular formula is C17H18FNO. The second kappa shape index (κ2) is 5.33. The van der Waals surface area contributed by atoms with E-state index in [1.54, 1.807) is 25.3 Å². The number of aryl methyl sites for hydroxylation is 2. The van der Waals surface area contributed by atoms with E-state index >= 15 is 0 Å². The van der Waals surface area contributed by atoms with Gasteiger partial charge in [0.15, 0.2) is 0 Å². The summed E-state index contributed by atoms with van der Waals surface area (Å²) in [4.78, 5) is 4.45. The van der Waals surface area contributed by atoms with E-state index in [9.17, 15) is 9.50 Å². The number of nitrogens with zero attached hydrogens (tertiary/aromatic N) is 1. The minimum Gasteiger partial charge on any atom is -0.388 e. The van der Waals surface area contributed by atoms with Crippen LogP contribution in [-0.4, -0.2) is 10.1 Å². The highest BCUT2D eigenvalue weighted by molar-refractivity contribution is 5.32. The molecule has 1 heterocycles. The molecule has 0 fully saturated rings. The lowest BCUT2D eigenvalue weighted by atomic mass is 9.81. The van der Waals surface area contributed by atoms with Crippen molar-refractivity contribution in [2.75, 3.05) is 0 Å². The van der Waals surface area contributed by atoms with Crippen LogP contribution >= 0.6 is 0 Å². The van der Waals surface area contributed by atoms with Crippen molar-refractivity contribution >= 4 is 0 Å². The highest BCUT2D eigenvalue weighted by Gasteiger charge is 2.28. The Kier molecular flexibility index (Phi) is 3.53. The van der Waals surface area contributed by atoms with Crippen molar-refractivity contribution in [1.29, 1.82) is 0 Å². The van der Waals surface area contributed by atoms with Crippen molar-refractivity contribution in [3.8, 4) is 0 Å². The van der Waals surface area contributed by atoms with Gasteiger partial charge in [-0.1, -0.05) is 18.2 Å². The van der Waals surface area contributed by atoms with Crippen molar-refractivity contribution in [2.24, 2.45) is 0 Å². The van der Waals surface area contributed by atoms with E-state index in [4.69, 9.17) is 0 Å². The number of hydrogen-bond donors (Lipinski definition) is 1. The van der Waals surface area contributed by atoms with Crippen LogP contribution in [0.2, 0.25) is 0 Å². The quantitative estimate of drug-likeness (QED) is 0.903. The third-order valence-corrected chi connectivity index (χ3v) is 4.14. The fraction of sp³-hybridized carbons (Fsp3) is 0.353. The molecule has 0 aliphatic heterocycles. The van der Waals surface area contributed by atoms with E-state index in [1.165, 1.54) is 11.6 Å². The highest BCUT2D eigenvalue weighted by Crippen LogP contribution is 2.39. The molecule has 2 atom stereocenters. The van der Waals surface area contributed by atoms with Gasteiger partial charge in [-0.3, -0.25) is 4.98 Å². The van der Waals surface area contributed by atoms with E-state index in [-0.39, 0.29) is 11.7 Å². The summed E-state index contributed by atoms with van der Waals surface area (Å²) in [6, 6.07) is 8.85. The zero-order valence-electron chi connectivity index (χ0n) is 11.5. The molecule has 3 rings (SSSR count). The number of halogens is 1. The number of fused-ring (bicyclic) bond motifs is 1. The maximum Gasteiger partial charge on any atom is 0.126 e. The average molecular weight is 271 g/mol. The Hall–Kier alpha value is -1.74. The first-order valence-corrected chi connectivity index (χ1v) is 7.04. The predicted octanol–water partition coefficient (Wildman–Crippen LogP) is 3.68. The van der Waals surface area contributed by atoms with Crippen molar-refractivity contribution in [2.45, 2.75) is 38.2 Å². The van der Waals surface area contributed by atoms with Crippen LogP contribution in [0.15, 0.2) is 36.5 Å². The number of benzene rings is 1. The van der Waals surface area contributed by atoms with Crippen molar-refractivity contribution in [3.63, 3.8) is 0 Å². The lowest BCUT2D eigenvalue weighted by molar-refractivity contribution is 0.134. The number of aliphatic hydroxyl groups excluding tert-OH is 1. The molecule has 2 unspecified atom stereocenters. The molecule has 2 nitrogen and oxygen atoms in total. The lowest BCUT2D eigenvalue weighted by Crippen LogP contribution is -2.18. The van der Waals surface area contributed by atoms with Gasteiger partial charge in [-0.2, -0.15) is 0 Å². The van der Waals surface area contributed by atoms with Gasteiger partial charge in [-0.25, -0.2) is 4.39 Å². The van der Waals surface area contributed by atoms with Crippen LogP contribution in [0.3, 0.4) is 0 Å². The molecule has 1 aromatic heterocycles. The predicted molar refractivity (Wildman–Crippen MR) is 76.0 cm³/mol. The molecule has 0 saturated carbocycles. The Morgan fingerprint density at radius 2 is 2.20 bits per heavy atom. The third kappa shape index (κ3) is 2.34. The lowest BCUT2D eigenvalue weighted by Gasteiger charge is -2.28. The number of aliphatic hydroxyl groups is 1. The summed E-state index contributed by atoms with van der Waals surface area (Å²) in [6.45, 7) is 1.72. The highest BCUT2D eigenvalue weighted by atomic mass is 19.1. The van der Waals surface area contributed by atoms with Gasteiger partial charge >= 0.3 is 0 Å². The van der Waals surface area contributed by atoms with Gasteiger partial charge < -0.3 is 5.11 Å². The topological polar surface area (TPSA) is 33.1 Å². The van der Waals surface area contributed by atoms with E-state index in [0.29, 0.717) is 5.56 Å². The molecule has 20 heavy (non-hydrogen) atoms. The Labute approximate surface area is 118 Å². The molecule has 0 saturated heterocycles. The zero-order valence-corrected chi connectivity index (χ0v) is 11.5. The van der Waals surface area contributed by atoms with Crippen LogP contribution < -0.4 is 0 Å². The van der Waals surface area contributed by atoms with Crippen molar-refractivity contribution in [1.82, 2.24) is 4.98 Å². The van der Waals surface area contributed by atoms with Gasteiger partial charge in [0.2, 0.25) is 0 Å². The normalized spacial score (nSPS) is 19.4. The van der Waals surface area contributed by atoms with Gasteiger partial charge in [0.25, 0.3) is 0 Å². The Morgan fingerprint density at radius 1 is 1.35 bits per heavy atom.